The molecule has 2 atom stereocenters. The molecule has 5 heterocycles. The first-order chi connectivity index (χ1) is 62.6. The Morgan fingerprint density at radius 2 is 0.693 bits per heavy atom. The molecule has 137 heavy (non-hydrogen) atoms. The van der Waals surface area contributed by atoms with Gasteiger partial charge in [-0.1, -0.05) is 349 Å². The van der Waals surface area contributed by atoms with E-state index < -0.39 is 0 Å². The molecule has 0 amide bonds. The molecule has 2 aliphatic heterocycles. The largest absolute Gasteiger partial charge is 1.00 e. The third kappa shape index (κ3) is 45.2. The van der Waals surface area contributed by atoms with Gasteiger partial charge in [0.25, 0.3) is 11.4 Å². The molecule has 2 aliphatic rings. The molecule has 12 aromatic rings. The van der Waals surface area contributed by atoms with Gasteiger partial charge < -0.3 is 49.7 Å². The summed E-state index contributed by atoms with van der Waals surface area (Å²) in [5, 5.41) is 31.2. The number of anilines is 5. The molecule has 2 unspecified atom stereocenters. The zero-order valence-corrected chi connectivity index (χ0v) is 89.0. The number of fused-ring (bicyclic) bond motifs is 5. The van der Waals surface area contributed by atoms with Crippen molar-refractivity contribution < 1.29 is 50.9 Å². The number of aromatic nitrogens is 3. The number of benzene rings is 9. The van der Waals surface area contributed by atoms with Crippen LogP contribution in [0.1, 0.15) is 286 Å². The summed E-state index contributed by atoms with van der Waals surface area (Å²) >= 11 is 10.2. The molecule has 21 heteroatoms. The van der Waals surface area contributed by atoms with Crippen molar-refractivity contribution in [3.8, 4) is 0 Å². The summed E-state index contributed by atoms with van der Waals surface area (Å²) in [5.74, 6) is 0.596. The molecule has 0 saturated heterocycles. The quantitative estimate of drug-likeness (QED) is 0.0184. The van der Waals surface area contributed by atoms with Crippen molar-refractivity contribution in [3.63, 3.8) is 0 Å². The van der Waals surface area contributed by atoms with Crippen LogP contribution in [0.2, 0.25) is 0 Å². The van der Waals surface area contributed by atoms with Gasteiger partial charge in [-0.3, -0.25) is 39.4 Å². The van der Waals surface area contributed by atoms with E-state index in [1.54, 1.807) is 65.8 Å². The average molecular weight is 1910 g/mol. The van der Waals surface area contributed by atoms with Crippen LogP contribution in [0.15, 0.2) is 218 Å². The Morgan fingerprint density at radius 1 is 0.394 bits per heavy atom. The third-order valence-electron chi connectivity index (χ3n) is 22.1. The predicted molar refractivity (Wildman–Crippen MR) is 589 cm³/mol. The van der Waals surface area contributed by atoms with Gasteiger partial charge in [-0.15, -0.1) is 0 Å². The number of halogens is 2. The van der Waals surface area contributed by atoms with Crippen LogP contribution in [0.25, 0.3) is 32.7 Å². The van der Waals surface area contributed by atoms with Gasteiger partial charge in [-0.2, -0.15) is 6.42 Å². The topological polar surface area (TPSA) is 304 Å². The fraction of sp³-hybridized carbons (Fsp3) is 0.440. The maximum Gasteiger partial charge on any atom is 1.00 e. The van der Waals surface area contributed by atoms with Crippen molar-refractivity contribution in [1.82, 2.24) is 15.0 Å². The molecule has 0 radical (unpaired) electrons. The van der Waals surface area contributed by atoms with E-state index in [-0.39, 0.29) is 109 Å². The Morgan fingerprint density at radius 3 is 1.01 bits per heavy atom. The van der Waals surface area contributed by atoms with Crippen LogP contribution < -0.4 is 46.7 Å². The number of nitro groups is 2. The van der Waals surface area contributed by atoms with E-state index >= 15 is 0 Å². The monoisotopic (exact) mass is 1910 g/mol. The number of nitrogen functional groups attached to an aromatic ring is 3. The van der Waals surface area contributed by atoms with Crippen molar-refractivity contribution in [2.45, 2.75) is 303 Å². The molecular formula is C116H169Cl2LiN10O8. The van der Waals surface area contributed by atoms with E-state index in [2.05, 4.69) is 210 Å². The van der Waals surface area contributed by atoms with E-state index in [4.69, 9.17) is 43.4 Å². The number of carbonyl (C=O) groups excluding carboxylic acids is 4. The van der Waals surface area contributed by atoms with Gasteiger partial charge in [0.05, 0.1) is 15.4 Å². The van der Waals surface area contributed by atoms with Crippen LogP contribution in [0.4, 0.5) is 39.8 Å². The SMILES string of the molecule is C.C.CC(C)(C)C(=O)Cl.CC(C)(C)C(=O)Cl.CC(C)(C)C1Cc2ccc([N+](=O)[O-])cc2N1.CC(C)(C)C1Cc2ccccc2N1.CC(C)(C)c1cc2ccc(N)cc2[nH]1.CC(C)(C)c1cc2ccc([N+](=O)[O-])cc2[nH]1.CC(C)(C)c1cc2ccccc2[nH]1.Cc1ccccc1CC(=O)C(C)(C)C.Cc1ccccc1CC(=O)C(C)(C)C.Cc1ccccc1N.Cc1ccccc1N.[2H][2H].[CH2-]CCC.[Li+]. The standard InChI is InChI=1S/2C13H18O.C12H16N2O2.C12H14N2O2.C12H16N2.C12H17N.C12H15N.2C7H9N.2C5H9ClO.C4H9.2CH4.Li.H2/c2*1-10-7-5-6-8-11(10)9-12(14)13(2,3)4;2*1-12(2,3)11-6-8-4-5-9(14(15)16)7-10(8)13-11;1-12(2,3)11-6-8-4-5-9(13)7-10(8)14-11;2*1-12(2,3)11-8-9-6-4-5-7-10(9)13-11;2*1-6-4-2-3-5-7(6)8;2*1-5(2,3)4(6)7;1-3-4-2;;;;/h2*5-8H,9H2,1-4H3;4-5,7,11,13H,6H2,1-3H3;4-7,13H,1-3H3;4-7,14H,13H2,1-3H3;4-7,11,13H,8H2,1-3H3;4-8,13H,1-3H3;2*2-5H,8H2,1H3;2*1-3H3;1,3-4H2,2H3;2*1H4;;1H/q;;;;;;;;;;;-1;;;+1;/i;;;;;;;;;;;;;;;1+1D. The maximum absolute atomic E-state index is 11.8. The molecule has 0 fully saturated rings. The minimum Gasteiger partial charge on any atom is -0.399 e. The number of nitrogens with one attached hydrogen (secondary N) is 5. The van der Waals surface area contributed by atoms with Crippen LogP contribution in [0.5, 0.6) is 0 Å². The Hall–Kier alpha value is -10.7. The molecule has 3 aromatic heterocycles. The first kappa shape index (κ1) is 124. The number of aryl methyl sites for hydroxylation is 4. The van der Waals surface area contributed by atoms with Crippen molar-refractivity contribution in [1.29, 1.82) is 0 Å². The molecule has 18 nitrogen and oxygen atoms in total. The van der Waals surface area contributed by atoms with Crippen molar-refractivity contribution in [2.24, 2.45) is 32.5 Å². The number of nitrogens with two attached hydrogens (primary N) is 3. The molecule has 0 aliphatic carbocycles. The second kappa shape index (κ2) is 55.7. The number of H-pyrrole nitrogens is 3. The molecule has 746 valence electrons. The molecule has 11 N–H and O–H groups in total. The average Bonchev–Trinajstić information content (AvgIpc) is 1.66. The summed E-state index contributed by atoms with van der Waals surface area (Å²) in [7, 11) is 0. The number of para-hydroxylation sites is 4. The summed E-state index contributed by atoms with van der Waals surface area (Å²) in [5.41, 5.74) is 37.9. The van der Waals surface area contributed by atoms with E-state index in [9.17, 15) is 39.4 Å². The van der Waals surface area contributed by atoms with Crippen LogP contribution in [0, 0.1) is 87.3 Å². The zero-order valence-electron chi connectivity index (χ0n) is 89.5. The molecule has 0 saturated carbocycles. The number of Topliss-reactive ketones (excluding diaryl/α,β-unsaturated/α-hetero) is 2. The predicted octanol–water partition coefficient (Wildman–Crippen LogP) is 29.1. The molecule has 9 aromatic carbocycles. The first-order valence-electron chi connectivity index (χ1n) is 47.2. The van der Waals surface area contributed by atoms with Gasteiger partial charge >= 0.3 is 18.9 Å². The van der Waals surface area contributed by atoms with Crippen LogP contribution in [0.3, 0.4) is 0 Å². The number of ketones is 2. The van der Waals surface area contributed by atoms with Gasteiger partial charge in [0.1, 0.15) is 11.6 Å². The number of hydrogen-bond donors (Lipinski definition) is 8. The third-order valence-corrected chi connectivity index (χ3v) is 23.3. The number of carbonyl (C=O) groups is 4. The van der Waals surface area contributed by atoms with E-state index in [0.29, 0.717) is 41.9 Å². The fourth-order valence-electron chi connectivity index (χ4n) is 12.1. The summed E-state index contributed by atoms with van der Waals surface area (Å²) in [4.78, 5) is 74.7. The normalized spacial score (nSPS) is 12.9. The smallest absolute Gasteiger partial charge is 0.399 e. The Balaban J connectivity index is 0. The molecular weight excluding hydrogens is 1740 g/mol. The molecule has 0 bridgehead atoms. The Labute approximate surface area is 848 Å². The minimum absolute atomic E-state index is 0. The fourth-order valence-corrected chi connectivity index (χ4v) is 12.1. The van der Waals surface area contributed by atoms with Gasteiger partial charge in [-0.05, 0) is 191 Å². The van der Waals surface area contributed by atoms with E-state index in [1.165, 1.54) is 74.5 Å². The maximum atomic E-state index is 11.8. The van der Waals surface area contributed by atoms with Gasteiger partial charge in [0.15, 0.2) is 0 Å². The molecule has 14 rings (SSSR count). The van der Waals surface area contributed by atoms with Gasteiger partial charge in [0, 0.05) is 152 Å². The number of unbranched alkanes of at least 4 members (excludes halogenated alkanes) is 1. The van der Waals surface area contributed by atoms with Crippen molar-refractivity contribution >= 4 is 118 Å². The summed E-state index contributed by atoms with van der Waals surface area (Å²) in [6.45, 7) is 69.2. The number of aromatic amines is 3. The van der Waals surface area contributed by atoms with Crippen LogP contribution in [-0.2, 0) is 61.1 Å². The van der Waals surface area contributed by atoms with Crippen LogP contribution in [-0.4, -0.2) is 58.9 Å². The minimum atomic E-state index is -0.378. The van der Waals surface area contributed by atoms with E-state index in [1.807, 2.05) is 191 Å². The number of rotatable bonds is 7. The second-order valence-corrected chi connectivity index (χ2v) is 44.4. The van der Waals surface area contributed by atoms with Crippen molar-refractivity contribution in [3.05, 3.63) is 307 Å². The molecule has 0 spiro atoms. The zero-order chi connectivity index (χ0) is 104. The number of non-ortho nitro benzene ring substituents is 2. The summed E-state index contributed by atoms with van der Waals surface area (Å²) in [6.07, 6.45) is 5.49. The number of nitrogens with zero attached hydrogens (tertiary/aromatic N) is 2. The summed E-state index contributed by atoms with van der Waals surface area (Å²) < 4.78 is 10.0. The Bertz CT molecular complexity index is 5540. The first-order valence-corrected chi connectivity index (χ1v) is 47.0. The summed E-state index contributed by atoms with van der Waals surface area (Å²) in [6, 6.07) is 72.0. The Kier molecular flexibility index (Phi) is 50.6. The van der Waals surface area contributed by atoms with Gasteiger partial charge in [0.2, 0.25) is 10.5 Å². The van der Waals surface area contributed by atoms with E-state index in [0.717, 1.165) is 80.0 Å². The van der Waals surface area contributed by atoms with Crippen LogP contribution >= 0.6 is 23.2 Å². The van der Waals surface area contributed by atoms with Gasteiger partial charge in [-0.25, -0.2) is 0 Å². The van der Waals surface area contributed by atoms with Crippen molar-refractivity contribution in [2.75, 3.05) is 27.8 Å². The number of hydrogen-bond acceptors (Lipinski definition) is 13. The number of nitro benzene ring substituents is 2. The second-order valence-electron chi connectivity index (χ2n) is 43.7.